The number of hydrogen-bond donors (Lipinski definition) is 2. The number of carbonyl (C=O) groups is 1. The van der Waals surface area contributed by atoms with Crippen LogP contribution < -0.4 is 9.47 Å². The van der Waals surface area contributed by atoms with E-state index in [0.29, 0.717) is 48.7 Å². The molecule has 3 atom stereocenters. The first-order chi connectivity index (χ1) is 16.4. The Morgan fingerprint density at radius 1 is 1.00 bits per heavy atom. The minimum atomic E-state index is -1.28. The number of Topliss-reactive ketones (excluding diaryl/α,β-unsaturated/α-hetero) is 1. The zero-order valence-corrected chi connectivity index (χ0v) is 19.6. The fourth-order valence-corrected chi connectivity index (χ4v) is 4.72. The monoisotopic (exact) mass is 461 g/mol. The molecule has 2 N–H and O–H groups in total. The molecule has 3 unspecified atom stereocenters. The quantitative estimate of drug-likeness (QED) is 0.497. The third-order valence-corrected chi connectivity index (χ3v) is 6.66. The first-order valence-electron chi connectivity index (χ1n) is 11.4. The van der Waals surface area contributed by atoms with Crippen LogP contribution in [-0.4, -0.2) is 54.8 Å². The molecular formula is C28H31NO5. The van der Waals surface area contributed by atoms with Gasteiger partial charge in [-0.2, -0.15) is 0 Å². The molecule has 4 rings (SSSR count). The standard InChI is InChI=1S/C28H31NO5/c1-33-23-15-21(16-24(17-23)34-2)26(30)19-29-14-13-28(32,22-11-7-4-8-12-22)25(18-29)27(31)20-9-5-3-6-10-20/h3-12,15-17,25-26,30,32H,13-14,18-19H2,1-2H3. The molecule has 1 saturated heterocycles. The van der Waals surface area contributed by atoms with Crippen LogP contribution in [0.15, 0.2) is 78.9 Å². The molecule has 34 heavy (non-hydrogen) atoms. The minimum absolute atomic E-state index is 0.103. The van der Waals surface area contributed by atoms with Gasteiger partial charge in [-0.05, 0) is 29.7 Å². The number of piperidine rings is 1. The Morgan fingerprint density at radius 2 is 1.59 bits per heavy atom. The molecule has 0 saturated carbocycles. The van der Waals surface area contributed by atoms with E-state index in [1.165, 1.54) is 0 Å². The predicted molar refractivity (Wildman–Crippen MR) is 130 cm³/mol. The largest absolute Gasteiger partial charge is 0.497 e. The zero-order chi connectivity index (χ0) is 24.1. The number of likely N-dealkylation sites (tertiary alicyclic amines) is 1. The maximum Gasteiger partial charge on any atom is 0.170 e. The van der Waals surface area contributed by atoms with Gasteiger partial charge >= 0.3 is 0 Å². The molecule has 0 aliphatic carbocycles. The van der Waals surface area contributed by atoms with Crippen molar-refractivity contribution in [2.75, 3.05) is 33.9 Å². The number of ether oxygens (including phenoxy) is 2. The Kier molecular flexibility index (Phi) is 7.32. The summed E-state index contributed by atoms with van der Waals surface area (Å²) in [5.74, 6) is 0.428. The number of rotatable bonds is 8. The summed E-state index contributed by atoms with van der Waals surface area (Å²) in [6.45, 7) is 1.19. The van der Waals surface area contributed by atoms with Gasteiger partial charge in [-0.15, -0.1) is 0 Å². The van der Waals surface area contributed by atoms with Crippen molar-refractivity contribution in [3.05, 3.63) is 95.6 Å². The summed E-state index contributed by atoms with van der Waals surface area (Å²) in [6, 6.07) is 23.8. The van der Waals surface area contributed by atoms with Crippen molar-refractivity contribution in [1.29, 1.82) is 0 Å². The Hall–Kier alpha value is -3.19. The second-order valence-corrected chi connectivity index (χ2v) is 8.74. The topological polar surface area (TPSA) is 79.2 Å². The second kappa shape index (κ2) is 10.4. The number of benzene rings is 3. The highest BCUT2D eigenvalue weighted by atomic mass is 16.5. The van der Waals surface area contributed by atoms with Crippen LogP contribution >= 0.6 is 0 Å². The van der Waals surface area contributed by atoms with Gasteiger partial charge in [0.25, 0.3) is 0 Å². The maximum atomic E-state index is 13.6. The van der Waals surface area contributed by atoms with Crippen molar-refractivity contribution in [1.82, 2.24) is 4.90 Å². The molecule has 1 heterocycles. The Balaban J connectivity index is 1.59. The van der Waals surface area contributed by atoms with Crippen LogP contribution in [0.5, 0.6) is 11.5 Å². The van der Waals surface area contributed by atoms with E-state index in [-0.39, 0.29) is 5.78 Å². The number of aliphatic hydroxyl groups is 2. The molecule has 6 heteroatoms. The van der Waals surface area contributed by atoms with E-state index in [9.17, 15) is 15.0 Å². The molecule has 1 aliphatic heterocycles. The highest BCUT2D eigenvalue weighted by Gasteiger charge is 2.47. The first-order valence-corrected chi connectivity index (χ1v) is 11.4. The van der Waals surface area contributed by atoms with Gasteiger partial charge in [0.2, 0.25) is 0 Å². The summed E-state index contributed by atoms with van der Waals surface area (Å²) in [4.78, 5) is 15.6. The fourth-order valence-electron chi connectivity index (χ4n) is 4.72. The number of hydrogen-bond acceptors (Lipinski definition) is 6. The molecule has 0 spiro atoms. The molecule has 1 fully saturated rings. The van der Waals surface area contributed by atoms with Crippen molar-refractivity contribution >= 4 is 5.78 Å². The SMILES string of the molecule is COc1cc(OC)cc(C(O)CN2CCC(O)(c3ccccc3)C(C(=O)c3ccccc3)C2)c1. The number of nitrogens with zero attached hydrogens (tertiary/aromatic N) is 1. The van der Waals surface area contributed by atoms with Crippen molar-refractivity contribution in [2.45, 2.75) is 18.1 Å². The van der Waals surface area contributed by atoms with Gasteiger partial charge in [0.05, 0.1) is 26.2 Å². The smallest absolute Gasteiger partial charge is 0.170 e. The lowest BCUT2D eigenvalue weighted by Crippen LogP contribution is -2.53. The summed E-state index contributed by atoms with van der Waals surface area (Å²) in [7, 11) is 3.14. The maximum absolute atomic E-state index is 13.6. The average molecular weight is 462 g/mol. The first kappa shape index (κ1) is 24.0. The molecular weight excluding hydrogens is 430 g/mol. The van der Waals surface area contributed by atoms with E-state index in [1.54, 1.807) is 44.6 Å². The molecule has 178 valence electrons. The van der Waals surface area contributed by atoms with Crippen LogP contribution in [0.2, 0.25) is 0 Å². The molecule has 0 aromatic heterocycles. The summed E-state index contributed by atoms with van der Waals surface area (Å²) >= 11 is 0. The summed E-state index contributed by atoms with van der Waals surface area (Å²) in [5.41, 5.74) is 0.698. The van der Waals surface area contributed by atoms with E-state index >= 15 is 0 Å². The van der Waals surface area contributed by atoms with Crippen molar-refractivity contribution in [3.63, 3.8) is 0 Å². The van der Waals surface area contributed by atoms with E-state index < -0.39 is 17.6 Å². The summed E-state index contributed by atoms with van der Waals surface area (Å²) in [5, 5.41) is 22.8. The minimum Gasteiger partial charge on any atom is -0.497 e. The van der Waals surface area contributed by atoms with Crippen molar-refractivity contribution in [2.24, 2.45) is 5.92 Å². The van der Waals surface area contributed by atoms with Crippen LogP contribution in [0.1, 0.15) is 34.0 Å². The third-order valence-electron chi connectivity index (χ3n) is 6.66. The van der Waals surface area contributed by atoms with Crippen LogP contribution in [0.4, 0.5) is 0 Å². The molecule has 0 radical (unpaired) electrons. The molecule has 3 aromatic carbocycles. The van der Waals surface area contributed by atoms with Gasteiger partial charge in [0.1, 0.15) is 17.1 Å². The molecule has 0 bridgehead atoms. The van der Waals surface area contributed by atoms with E-state index in [0.717, 1.165) is 5.56 Å². The van der Waals surface area contributed by atoms with Gasteiger partial charge in [-0.1, -0.05) is 60.7 Å². The van der Waals surface area contributed by atoms with Gasteiger partial charge in [0.15, 0.2) is 5.78 Å². The number of β-amino-alcohol motifs (C(OH)–C–C–N with tert-alkyl or cyclic N) is 1. The zero-order valence-electron chi connectivity index (χ0n) is 19.6. The van der Waals surface area contributed by atoms with E-state index in [1.807, 2.05) is 53.4 Å². The van der Waals surface area contributed by atoms with Crippen molar-refractivity contribution < 1.29 is 24.5 Å². The average Bonchev–Trinajstić information content (AvgIpc) is 2.90. The third kappa shape index (κ3) is 4.99. The van der Waals surface area contributed by atoms with Crippen LogP contribution in [0, 0.1) is 5.92 Å². The summed E-state index contributed by atoms with van der Waals surface area (Å²) in [6.07, 6.45) is -0.423. The van der Waals surface area contributed by atoms with Crippen molar-refractivity contribution in [3.8, 4) is 11.5 Å². The number of methoxy groups -OCH3 is 2. The normalized spacial score (nSPS) is 21.6. The van der Waals surface area contributed by atoms with Crippen LogP contribution in [0.25, 0.3) is 0 Å². The number of aliphatic hydroxyl groups excluding tert-OH is 1. The number of carbonyl (C=O) groups excluding carboxylic acids is 1. The Bertz CT molecular complexity index is 1080. The predicted octanol–water partition coefficient (Wildman–Crippen LogP) is 3.83. The molecule has 0 amide bonds. The van der Waals surface area contributed by atoms with Gasteiger partial charge < -0.3 is 19.7 Å². The van der Waals surface area contributed by atoms with E-state index in [2.05, 4.69) is 0 Å². The highest BCUT2D eigenvalue weighted by Crippen LogP contribution is 2.40. The lowest BCUT2D eigenvalue weighted by Gasteiger charge is -2.44. The van der Waals surface area contributed by atoms with Gasteiger partial charge in [0, 0.05) is 31.3 Å². The van der Waals surface area contributed by atoms with E-state index in [4.69, 9.17) is 9.47 Å². The lowest BCUT2D eigenvalue weighted by atomic mass is 9.72. The lowest BCUT2D eigenvalue weighted by molar-refractivity contribution is -0.0703. The van der Waals surface area contributed by atoms with Gasteiger partial charge in [-0.25, -0.2) is 0 Å². The Morgan fingerprint density at radius 3 is 2.18 bits per heavy atom. The molecule has 3 aromatic rings. The second-order valence-electron chi connectivity index (χ2n) is 8.74. The fraction of sp³-hybridized carbons (Fsp3) is 0.321. The van der Waals surface area contributed by atoms with Gasteiger partial charge in [-0.3, -0.25) is 9.69 Å². The molecule has 1 aliphatic rings. The summed E-state index contributed by atoms with van der Waals surface area (Å²) < 4.78 is 10.7. The highest BCUT2D eigenvalue weighted by molar-refractivity contribution is 5.99. The van der Waals surface area contributed by atoms with Crippen LogP contribution in [0.3, 0.4) is 0 Å². The van der Waals surface area contributed by atoms with Crippen LogP contribution in [-0.2, 0) is 5.60 Å². The Labute approximate surface area is 200 Å². The molecule has 6 nitrogen and oxygen atoms in total. The number of ketones is 1.